The Morgan fingerprint density at radius 2 is 1.90 bits per heavy atom. The lowest BCUT2D eigenvalue weighted by molar-refractivity contribution is -0.107. The number of unbranched alkanes of at least 4 members (excludes halogenated alkanes) is 3. The zero-order valence-electron chi connectivity index (χ0n) is 23.0. The van der Waals surface area contributed by atoms with Gasteiger partial charge in [-0.1, -0.05) is 62.4 Å². The number of carbonyl (C=O) groups is 2. The van der Waals surface area contributed by atoms with Gasteiger partial charge in [0.15, 0.2) is 0 Å². The molecule has 0 aliphatic heterocycles. The number of hydrogen-bond acceptors (Lipinski definition) is 3. The van der Waals surface area contributed by atoms with Crippen LogP contribution >= 0.6 is 11.6 Å². The van der Waals surface area contributed by atoms with Crippen molar-refractivity contribution in [1.82, 2.24) is 9.88 Å². The number of rotatable bonds is 13. The second-order valence-electron chi connectivity index (χ2n) is 10.3. The predicted molar refractivity (Wildman–Crippen MR) is 158 cm³/mol. The molecule has 2 atom stereocenters. The highest BCUT2D eigenvalue weighted by Gasteiger charge is 2.36. The zero-order chi connectivity index (χ0) is 29.4. The first-order chi connectivity index (χ1) is 19.7. The maximum atomic E-state index is 13.7. The van der Waals surface area contributed by atoms with Gasteiger partial charge in [-0.2, -0.15) is 13.2 Å². The Kier molecular flexibility index (Phi) is 10.3. The number of nitrogens with zero attached hydrogens (tertiary/aromatic N) is 1. The first-order valence-electron chi connectivity index (χ1n) is 14.0. The normalized spacial score (nSPS) is 15.9. The summed E-state index contributed by atoms with van der Waals surface area (Å²) < 4.78 is 43.1. The Morgan fingerprint density at radius 1 is 1.12 bits per heavy atom. The lowest BCUT2D eigenvalue weighted by atomic mass is 9.98. The Morgan fingerprint density at radius 3 is 2.61 bits per heavy atom. The number of allylic oxidation sites excluding steroid dienone is 4. The van der Waals surface area contributed by atoms with E-state index in [4.69, 9.17) is 11.6 Å². The molecule has 0 saturated heterocycles. The summed E-state index contributed by atoms with van der Waals surface area (Å²) in [6.07, 6.45) is 5.87. The number of aldehydes is 1. The molecule has 2 aromatic carbocycles. The third kappa shape index (κ3) is 7.82. The fraction of sp³-hybridized carbons (Fsp3) is 0.375. The summed E-state index contributed by atoms with van der Waals surface area (Å²) in [7, 11) is 0. The van der Waals surface area contributed by atoms with Gasteiger partial charge in [-0.3, -0.25) is 4.79 Å². The van der Waals surface area contributed by atoms with Crippen LogP contribution in [0.15, 0.2) is 72.3 Å². The summed E-state index contributed by atoms with van der Waals surface area (Å²) in [4.78, 5) is 22.9. The first-order valence-corrected chi connectivity index (χ1v) is 14.4. The van der Waals surface area contributed by atoms with E-state index in [1.54, 1.807) is 18.2 Å². The number of halogens is 4. The topological polar surface area (TPSA) is 63.1 Å². The van der Waals surface area contributed by atoms with Crippen molar-refractivity contribution >= 4 is 40.4 Å². The number of benzene rings is 2. The minimum Gasteiger partial charge on any atom is -0.377 e. The van der Waals surface area contributed by atoms with Crippen LogP contribution in [-0.2, 0) is 4.79 Å². The fourth-order valence-electron chi connectivity index (χ4n) is 5.25. The van der Waals surface area contributed by atoms with Gasteiger partial charge in [0.25, 0.3) is 5.91 Å². The summed E-state index contributed by atoms with van der Waals surface area (Å²) in [5.41, 5.74) is 2.42. The van der Waals surface area contributed by atoms with Crippen LogP contribution in [0.25, 0.3) is 10.9 Å². The Balaban J connectivity index is 1.68. The number of carbonyl (C=O) groups excluding carboxylic acids is 2. The number of amides is 1. The van der Waals surface area contributed by atoms with E-state index in [1.165, 1.54) is 6.08 Å². The van der Waals surface area contributed by atoms with Crippen molar-refractivity contribution < 1.29 is 22.8 Å². The lowest BCUT2D eigenvalue weighted by Gasteiger charge is -2.28. The predicted octanol–water partition coefficient (Wildman–Crippen LogP) is 8.73. The molecule has 5 nitrogen and oxygen atoms in total. The van der Waals surface area contributed by atoms with Gasteiger partial charge in [-0.15, -0.1) is 0 Å². The molecule has 0 radical (unpaired) electrons. The molecular weight excluding hydrogens is 551 g/mol. The second-order valence-corrected chi connectivity index (χ2v) is 10.8. The number of anilines is 1. The summed E-state index contributed by atoms with van der Waals surface area (Å²) in [6, 6.07) is 13.9. The molecule has 0 spiro atoms. The number of alkyl halides is 3. The quantitative estimate of drug-likeness (QED) is 0.156. The Bertz CT molecular complexity index is 1410. The van der Waals surface area contributed by atoms with Crippen molar-refractivity contribution in [1.29, 1.82) is 0 Å². The average Bonchev–Trinajstić information content (AvgIpc) is 3.33. The van der Waals surface area contributed by atoms with Gasteiger partial charge >= 0.3 is 6.18 Å². The molecule has 218 valence electrons. The van der Waals surface area contributed by atoms with Gasteiger partial charge in [0.1, 0.15) is 6.29 Å². The van der Waals surface area contributed by atoms with E-state index in [2.05, 4.69) is 17.6 Å². The van der Waals surface area contributed by atoms with Crippen molar-refractivity contribution in [3.8, 4) is 0 Å². The van der Waals surface area contributed by atoms with Gasteiger partial charge in [0.05, 0.1) is 12.1 Å². The van der Waals surface area contributed by atoms with Crippen molar-refractivity contribution in [2.24, 2.45) is 0 Å². The molecule has 1 amide bonds. The number of fused-ring (bicyclic) bond motifs is 1. The van der Waals surface area contributed by atoms with E-state index in [0.29, 0.717) is 10.6 Å². The van der Waals surface area contributed by atoms with Gasteiger partial charge < -0.3 is 20.0 Å². The van der Waals surface area contributed by atoms with E-state index in [1.807, 2.05) is 41.0 Å². The smallest absolute Gasteiger partial charge is 0.377 e. The average molecular weight is 586 g/mol. The molecule has 2 N–H and O–H groups in total. The summed E-state index contributed by atoms with van der Waals surface area (Å²) >= 11 is 6.31. The number of hydrogen-bond donors (Lipinski definition) is 2. The Labute approximate surface area is 243 Å². The molecule has 41 heavy (non-hydrogen) atoms. The van der Waals surface area contributed by atoms with Gasteiger partial charge in [-0.05, 0) is 55.0 Å². The molecule has 0 saturated carbocycles. The van der Waals surface area contributed by atoms with E-state index >= 15 is 0 Å². The highest BCUT2D eigenvalue weighted by atomic mass is 35.5. The van der Waals surface area contributed by atoms with Crippen LogP contribution in [0.1, 0.15) is 80.0 Å². The maximum absolute atomic E-state index is 13.7. The molecule has 2 unspecified atom stereocenters. The zero-order valence-corrected chi connectivity index (χ0v) is 23.8. The largest absolute Gasteiger partial charge is 0.412 e. The second kappa shape index (κ2) is 13.9. The first kappa shape index (κ1) is 30.4. The van der Waals surface area contributed by atoms with Crippen LogP contribution in [0, 0.1) is 0 Å². The van der Waals surface area contributed by atoms with Gasteiger partial charge in [-0.25, -0.2) is 0 Å². The third-order valence-electron chi connectivity index (χ3n) is 7.33. The molecule has 1 aliphatic rings. The van der Waals surface area contributed by atoms with Crippen LogP contribution in [0.5, 0.6) is 0 Å². The highest BCUT2D eigenvalue weighted by molar-refractivity contribution is 6.31. The summed E-state index contributed by atoms with van der Waals surface area (Å²) in [6.45, 7) is 2.42. The minimum atomic E-state index is -4.39. The SMILES string of the molecule is CCCCCCC(Nc1ccc(C(=O)NCCC=O)cc1)c1cc2cc(Cl)ccc2n1C1C=CC=C(C(F)(F)F)C1. The van der Waals surface area contributed by atoms with Gasteiger partial charge in [0, 0.05) is 57.8 Å². The van der Waals surface area contributed by atoms with Gasteiger partial charge in [0.2, 0.25) is 0 Å². The number of nitrogens with one attached hydrogen (secondary N) is 2. The fourth-order valence-corrected chi connectivity index (χ4v) is 5.43. The molecular formula is C32H35ClF3N3O2. The molecule has 1 heterocycles. The summed E-state index contributed by atoms with van der Waals surface area (Å²) in [5, 5.41) is 7.73. The van der Waals surface area contributed by atoms with E-state index < -0.39 is 17.8 Å². The molecule has 3 aromatic rings. The van der Waals surface area contributed by atoms with Crippen LogP contribution in [-0.4, -0.2) is 29.5 Å². The molecule has 4 rings (SSSR count). The van der Waals surface area contributed by atoms with E-state index in [0.717, 1.165) is 66.8 Å². The monoisotopic (exact) mass is 585 g/mol. The highest BCUT2D eigenvalue weighted by Crippen LogP contribution is 2.40. The lowest BCUT2D eigenvalue weighted by Crippen LogP contribution is -2.24. The van der Waals surface area contributed by atoms with Crippen LogP contribution in [0.2, 0.25) is 5.02 Å². The molecule has 0 fully saturated rings. The maximum Gasteiger partial charge on any atom is 0.412 e. The standard InChI is InChI=1S/C32H35ClF3N3O2/c1-2-3-4-5-10-28(38-26-14-11-22(12-15-26)31(41)37-17-7-18-40)30-20-23-19-25(33)13-16-29(23)39(30)27-9-6-8-24(21-27)32(34,35)36/h6,8-9,11-16,18-20,27-28,38H,2-5,7,10,17,21H2,1H3,(H,37,41). The number of aromatic nitrogens is 1. The van der Waals surface area contributed by atoms with Crippen molar-refractivity contribution in [2.75, 3.05) is 11.9 Å². The molecule has 9 heteroatoms. The molecule has 1 aromatic heterocycles. The van der Waals surface area contributed by atoms with Crippen LogP contribution < -0.4 is 10.6 Å². The minimum absolute atomic E-state index is 0.157. The van der Waals surface area contributed by atoms with Crippen LogP contribution in [0.4, 0.5) is 18.9 Å². The van der Waals surface area contributed by atoms with Crippen molar-refractivity contribution in [2.45, 2.75) is 70.1 Å². The van der Waals surface area contributed by atoms with Crippen molar-refractivity contribution in [3.05, 3.63) is 88.6 Å². The molecule has 1 aliphatic carbocycles. The van der Waals surface area contributed by atoms with E-state index in [-0.39, 0.29) is 31.3 Å². The molecule has 0 bridgehead atoms. The third-order valence-corrected chi connectivity index (χ3v) is 7.56. The van der Waals surface area contributed by atoms with Crippen molar-refractivity contribution in [3.63, 3.8) is 0 Å². The summed E-state index contributed by atoms with van der Waals surface area (Å²) in [5.74, 6) is -0.260. The van der Waals surface area contributed by atoms with E-state index in [9.17, 15) is 22.8 Å². The van der Waals surface area contributed by atoms with Crippen LogP contribution in [0.3, 0.4) is 0 Å². The Hall–Kier alpha value is -3.52.